The van der Waals surface area contributed by atoms with E-state index in [4.69, 9.17) is 8.94 Å². The first-order valence-electron chi connectivity index (χ1n) is 8.42. The van der Waals surface area contributed by atoms with Crippen LogP contribution in [0.4, 0.5) is 0 Å². The first kappa shape index (κ1) is 15.4. The van der Waals surface area contributed by atoms with Crippen LogP contribution in [0.2, 0.25) is 0 Å². The number of carbonyl (C=O) groups is 1. The topological polar surface area (TPSA) is 97.0 Å². The molecule has 0 unspecified atom stereocenters. The number of nitrogens with one attached hydrogen (secondary N) is 2. The van der Waals surface area contributed by atoms with Gasteiger partial charge in [0.1, 0.15) is 11.3 Å². The van der Waals surface area contributed by atoms with E-state index in [9.17, 15) is 4.79 Å². The molecule has 132 valence electrons. The van der Waals surface area contributed by atoms with Crippen molar-refractivity contribution in [3.63, 3.8) is 0 Å². The Morgan fingerprint density at radius 1 is 1.07 bits per heavy atom. The largest absolute Gasteiger partial charge is 0.453 e. The number of amides is 1. The third-order valence-electron chi connectivity index (χ3n) is 4.34. The van der Waals surface area contributed by atoms with Crippen molar-refractivity contribution in [2.45, 2.75) is 6.54 Å². The summed E-state index contributed by atoms with van der Waals surface area (Å²) in [5.41, 5.74) is 3.58. The lowest BCUT2D eigenvalue weighted by Gasteiger charge is -2.02. The lowest BCUT2D eigenvalue weighted by atomic mass is 10.2. The van der Waals surface area contributed by atoms with Gasteiger partial charge in [-0.2, -0.15) is 0 Å². The Bertz CT molecular complexity index is 1230. The maximum atomic E-state index is 12.4. The Morgan fingerprint density at radius 3 is 2.93 bits per heavy atom. The second-order valence-electron chi connectivity index (χ2n) is 6.15. The Kier molecular flexibility index (Phi) is 3.50. The highest BCUT2D eigenvalue weighted by atomic mass is 16.5. The second-order valence-corrected chi connectivity index (χ2v) is 6.15. The lowest BCUT2D eigenvalue weighted by molar-refractivity contribution is 0.0950. The summed E-state index contributed by atoms with van der Waals surface area (Å²) in [6.07, 6.45) is 1.60. The fraction of sp³-hybridized carbons (Fsp3) is 0.0500. The molecule has 1 amide bonds. The van der Waals surface area contributed by atoms with Crippen LogP contribution in [0.1, 0.15) is 16.1 Å². The number of furan rings is 1. The van der Waals surface area contributed by atoms with Gasteiger partial charge in [-0.25, -0.2) is 4.98 Å². The van der Waals surface area contributed by atoms with Crippen LogP contribution in [0.15, 0.2) is 69.9 Å². The Labute approximate surface area is 153 Å². The molecule has 0 aliphatic carbocycles. The molecular formula is C20H14N4O3. The van der Waals surface area contributed by atoms with Crippen LogP contribution in [-0.2, 0) is 6.54 Å². The molecule has 0 fully saturated rings. The van der Waals surface area contributed by atoms with E-state index in [1.165, 1.54) is 0 Å². The minimum Gasteiger partial charge on any atom is -0.453 e. The molecule has 0 aliphatic heterocycles. The molecule has 5 aromatic rings. The van der Waals surface area contributed by atoms with Crippen LogP contribution < -0.4 is 5.32 Å². The van der Waals surface area contributed by atoms with Gasteiger partial charge in [0, 0.05) is 17.0 Å². The molecule has 0 bridgehead atoms. The van der Waals surface area contributed by atoms with E-state index in [0.29, 0.717) is 22.8 Å². The minimum atomic E-state index is -0.195. The van der Waals surface area contributed by atoms with Crippen molar-refractivity contribution in [2.24, 2.45) is 0 Å². The number of aromatic amines is 1. The van der Waals surface area contributed by atoms with Crippen molar-refractivity contribution >= 4 is 27.9 Å². The monoisotopic (exact) mass is 358 g/mol. The molecule has 27 heavy (non-hydrogen) atoms. The number of H-pyrrole nitrogens is 1. The normalized spacial score (nSPS) is 11.3. The zero-order chi connectivity index (χ0) is 18.2. The van der Waals surface area contributed by atoms with Gasteiger partial charge in [-0.1, -0.05) is 23.4 Å². The molecule has 0 saturated heterocycles. The van der Waals surface area contributed by atoms with E-state index in [2.05, 4.69) is 20.4 Å². The highest BCUT2D eigenvalue weighted by Crippen LogP contribution is 2.28. The number of carbonyl (C=O) groups excluding carboxylic acids is 1. The van der Waals surface area contributed by atoms with Crippen LogP contribution in [0.3, 0.4) is 0 Å². The predicted octanol–water partition coefficient (Wildman–Crippen LogP) is 3.89. The Balaban J connectivity index is 1.30. The Hall–Kier alpha value is -3.87. The second kappa shape index (κ2) is 6.14. The fourth-order valence-corrected chi connectivity index (χ4v) is 2.96. The maximum absolute atomic E-state index is 12.4. The van der Waals surface area contributed by atoms with Crippen LogP contribution in [0.25, 0.3) is 33.5 Å². The average molecular weight is 358 g/mol. The number of para-hydroxylation sites is 1. The molecule has 3 heterocycles. The van der Waals surface area contributed by atoms with Gasteiger partial charge < -0.3 is 19.2 Å². The van der Waals surface area contributed by atoms with Gasteiger partial charge in [0.15, 0.2) is 5.76 Å². The summed E-state index contributed by atoms with van der Waals surface area (Å²) < 4.78 is 11.1. The predicted molar refractivity (Wildman–Crippen MR) is 99.0 cm³/mol. The third-order valence-corrected chi connectivity index (χ3v) is 4.34. The van der Waals surface area contributed by atoms with E-state index < -0.39 is 0 Å². The summed E-state index contributed by atoms with van der Waals surface area (Å²) in [4.78, 5) is 19.5. The van der Waals surface area contributed by atoms with E-state index in [1.807, 2.05) is 30.3 Å². The van der Waals surface area contributed by atoms with E-state index in [0.717, 1.165) is 22.0 Å². The molecular weight excluding hydrogens is 344 g/mol. The van der Waals surface area contributed by atoms with Crippen molar-refractivity contribution in [1.29, 1.82) is 0 Å². The lowest BCUT2D eigenvalue weighted by Crippen LogP contribution is -2.22. The summed E-state index contributed by atoms with van der Waals surface area (Å²) in [7, 11) is 0. The number of rotatable bonds is 4. The van der Waals surface area contributed by atoms with E-state index >= 15 is 0 Å². The van der Waals surface area contributed by atoms with Crippen LogP contribution in [0.5, 0.6) is 0 Å². The van der Waals surface area contributed by atoms with Gasteiger partial charge >= 0.3 is 0 Å². The molecule has 2 aromatic carbocycles. The van der Waals surface area contributed by atoms with Gasteiger partial charge in [0.25, 0.3) is 5.91 Å². The van der Waals surface area contributed by atoms with Gasteiger partial charge in [-0.3, -0.25) is 4.79 Å². The molecule has 0 saturated carbocycles. The quantitative estimate of drug-likeness (QED) is 0.508. The SMILES string of the molecule is O=C(NCc1cc(-c2cc3ccccc3o2)on1)c1ccc2nc[nH]c2c1. The summed E-state index contributed by atoms with van der Waals surface area (Å²) in [5, 5.41) is 7.83. The number of benzene rings is 2. The molecule has 0 radical (unpaired) electrons. The fourth-order valence-electron chi connectivity index (χ4n) is 2.96. The smallest absolute Gasteiger partial charge is 0.251 e. The molecule has 0 aliphatic rings. The highest BCUT2D eigenvalue weighted by molar-refractivity contribution is 5.97. The zero-order valence-corrected chi connectivity index (χ0v) is 14.1. The molecule has 2 N–H and O–H groups in total. The Morgan fingerprint density at radius 2 is 2.00 bits per heavy atom. The van der Waals surface area contributed by atoms with Crippen molar-refractivity contribution in [2.75, 3.05) is 0 Å². The molecule has 0 spiro atoms. The summed E-state index contributed by atoms with van der Waals surface area (Å²) in [6, 6.07) is 16.7. The standard InChI is InChI=1S/C20H14N4O3/c25-20(13-5-6-15-16(7-13)23-11-22-15)21-10-14-9-19(27-24-14)18-8-12-3-1-2-4-17(12)26-18/h1-9,11H,10H2,(H,21,25)(H,22,23). The average Bonchev–Trinajstić information content (AvgIpc) is 3.43. The van der Waals surface area contributed by atoms with Crippen molar-refractivity contribution in [3.05, 3.63) is 72.2 Å². The van der Waals surface area contributed by atoms with Crippen molar-refractivity contribution < 1.29 is 13.7 Å². The van der Waals surface area contributed by atoms with Gasteiger partial charge in [-0.05, 0) is 30.3 Å². The maximum Gasteiger partial charge on any atom is 0.251 e. The summed E-state index contributed by atoms with van der Waals surface area (Å²) in [5.74, 6) is 0.931. The highest BCUT2D eigenvalue weighted by Gasteiger charge is 2.13. The number of nitrogens with zero attached hydrogens (tertiary/aromatic N) is 2. The molecule has 7 heteroatoms. The van der Waals surface area contributed by atoms with Crippen LogP contribution in [0, 0.1) is 0 Å². The van der Waals surface area contributed by atoms with Crippen LogP contribution >= 0.6 is 0 Å². The van der Waals surface area contributed by atoms with E-state index in [-0.39, 0.29) is 12.5 Å². The third kappa shape index (κ3) is 2.85. The van der Waals surface area contributed by atoms with Crippen molar-refractivity contribution in [3.8, 4) is 11.5 Å². The summed E-state index contributed by atoms with van der Waals surface area (Å²) in [6.45, 7) is 0.254. The number of hydrogen-bond acceptors (Lipinski definition) is 5. The first-order chi connectivity index (χ1) is 13.3. The molecule has 5 rings (SSSR count). The molecule has 0 atom stereocenters. The number of imidazole rings is 1. The molecule has 3 aromatic heterocycles. The van der Waals surface area contributed by atoms with Gasteiger partial charge in [-0.15, -0.1) is 0 Å². The minimum absolute atomic E-state index is 0.195. The number of fused-ring (bicyclic) bond motifs is 2. The number of hydrogen-bond donors (Lipinski definition) is 2. The van der Waals surface area contributed by atoms with Crippen molar-refractivity contribution in [1.82, 2.24) is 20.4 Å². The first-order valence-corrected chi connectivity index (χ1v) is 8.42. The van der Waals surface area contributed by atoms with Gasteiger partial charge in [0.05, 0.1) is 23.9 Å². The molecule has 7 nitrogen and oxygen atoms in total. The zero-order valence-electron chi connectivity index (χ0n) is 14.1. The van der Waals surface area contributed by atoms with E-state index in [1.54, 1.807) is 30.6 Å². The number of aromatic nitrogens is 3. The van der Waals surface area contributed by atoms with Gasteiger partial charge in [0.2, 0.25) is 5.76 Å². The van der Waals surface area contributed by atoms with Crippen LogP contribution in [-0.4, -0.2) is 21.0 Å². The summed E-state index contributed by atoms with van der Waals surface area (Å²) >= 11 is 0.